The van der Waals surface area contributed by atoms with Crippen LogP contribution in [-0.4, -0.2) is 24.0 Å². The second kappa shape index (κ2) is 6.64. The monoisotopic (exact) mass is 266 g/mol. The molecule has 0 aliphatic carbocycles. The van der Waals surface area contributed by atoms with Crippen LogP contribution in [0.1, 0.15) is 32.1 Å². The third-order valence-electron chi connectivity index (χ3n) is 3.26. The van der Waals surface area contributed by atoms with Crippen molar-refractivity contribution in [3.05, 3.63) is 29.3 Å². The highest BCUT2D eigenvalue weighted by molar-refractivity contribution is 6.33. The Hall–Kier alpha value is -1.22. The van der Waals surface area contributed by atoms with E-state index in [2.05, 4.69) is 5.32 Å². The quantitative estimate of drug-likeness (QED) is 0.814. The molecule has 0 aromatic heterocycles. The highest BCUT2D eigenvalue weighted by Crippen LogP contribution is 2.21. The van der Waals surface area contributed by atoms with E-state index in [-0.39, 0.29) is 6.03 Å². The Balaban J connectivity index is 1.96. The van der Waals surface area contributed by atoms with Crippen LogP contribution >= 0.6 is 11.6 Å². The molecule has 0 unspecified atom stereocenters. The Morgan fingerprint density at radius 1 is 1.06 bits per heavy atom. The molecule has 0 radical (unpaired) electrons. The van der Waals surface area contributed by atoms with E-state index in [0.29, 0.717) is 10.7 Å². The van der Waals surface area contributed by atoms with Crippen LogP contribution in [0.2, 0.25) is 5.02 Å². The molecule has 2 amide bonds. The molecule has 4 heteroatoms. The summed E-state index contributed by atoms with van der Waals surface area (Å²) in [4.78, 5) is 14.0. The first-order chi connectivity index (χ1) is 8.77. The SMILES string of the molecule is O=C(Nc1ccccc1Cl)N1CCCCCCC1. The van der Waals surface area contributed by atoms with Gasteiger partial charge >= 0.3 is 6.03 Å². The average Bonchev–Trinajstić information content (AvgIpc) is 2.31. The van der Waals surface area contributed by atoms with Gasteiger partial charge in [-0.2, -0.15) is 0 Å². The minimum Gasteiger partial charge on any atom is -0.325 e. The summed E-state index contributed by atoms with van der Waals surface area (Å²) in [5.41, 5.74) is 0.686. The number of halogens is 1. The summed E-state index contributed by atoms with van der Waals surface area (Å²) in [6.45, 7) is 1.69. The predicted molar refractivity (Wildman–Crippen MR) is 75.1 cm³/mol. The summed E-state index contributed by atoms with van der Waals surface area (Å²) >= 11 is 6.03. The van der Waals surface area contributed by atoms with E-state index in [1.54, 1.807) is 6.07 Å². The van der Waals surface area contributed by atoms with E-state index in [1.165, 1.54) is 19.3 Å². The Kier molecular flexibility index (Phi) is 4.88. The number of anilines is 1. The van der Waals surface area contributed by atoms with Crippen LogP contribution in [0, 0.1) is 0 Å². The van der Waals surface area contributed by atoms with Gasteiger partial charge in [0.15, 0.2) is 0 Å². The number of likely N-dealkylation sites (tertiary alicyclic amines) is 1. The van der Waals surface area contributed by atoms with Gasteiger partial charge in [-0.15, -0.1) is 0 Å². The van der Waals surface area contributed by atoms with Gasteiger partial charge in [0.1, 0.15) is 0 Å². The number of nitrogens with zero attached hydrogens (tertiary/aromatic N) is 1. The smallest absolute Gasteiger partial charge is 0.321 e. The second-order valence-corrected chi connectivity index (χ2v) is 5.07. The van der Waals surface area contributed by atoms with Crippen molar-refractivity contribution in [3.8, 4) is 0 Å². The number of benzene rings is 1. The number of amides is 2. The number of rotatable bonds is 1. The molecule has 1 aromatic rings. The Bertz CT molecular complexity index is 401. The topological polar surface area (TPSA) is 32.3 Å². The van der Waals surface area contributed by atoms with E-state index in [0.717, 1.165) is 25.9 Å². The molecule has 1 aliphatic heterocycles. The zero-order valence-corrected chi connectivity index (χ0v) is 11.2. The lowest BCUT2D eigenvalue weighted by molar-refractivity contribution is 0.206. The molecular formula is C14H19ClN2O. The van der Waals surface area contributed by atoms with Gasteiger partial charge < -0.3 is 10.2 Å². The van der Waals surface area contributed by atoms with Gasteiger partial charge in [-0.25, -0.2) is 4.79 Å². The van der Waals surface area contributed by atoms with Gasteiger partial charge in [0, 0.05) is 13.1 Å². The van der Waals surface area contributed by atoms with Crippen LogP contribution in [0.3, 0.4) is 0 Å². The van der Waals surface area contributed by atoms with Crippen molar-refractivity contribution < 1.29 is 4.79 Å². The molecule has 0 bridgehead atoms. The molecule has 0 atom stereocenters. The lowest BCUT2D eigenvalue weighted by Crippen LogP contribution is -2.37. The summed E-state index contributed by atoms with van der Waals surface area (Å²) in [7, 11) is 0. The fraction of sp³-hybridized carbons (Fsp3) is 0.500. The van der Waals surface area contributed by atoms with Gasteiger partial charge in [0.25, 0.3) is 0 Å². The summed E-state index contributed by atoms with van der Waals surface area (Å²) in [6.07, 6.45) is 5.91. The molecule has 2 rings (SSSR count). The van der Waals surface area contributed by atoms with Gasteiger partial charge in [0.2, 0.25) is 0 Å². The lowest BCUT2D eigenvalue weighted by Gasteiger charge is -2.25. The van der Waals surface area contributed by atoms with Crippen LogP contribution in [0.15, 0.2) is 24.3 Å². The number of hydrogen-bond acceptors (Lipinski definition) is 1. The Morgan fingerprint density at radius 2 is 1.67 bits per heavy atom. The molecule has 98 valence electrons. The standard InChI is InChI=1S/C14H19ClN2O/c15-12-8-4-5-9-13(12)16-14(18)17-10-6-2-1-3-7-11-17/h4-5,8-9H,1-3,6-7,10-11H2,(H,16,18). The normalized spacial score (nSPS) is 16.8. The summed E-state index contributed by atoms with van der Waals surface area (Å²) in [5.74, 6) is 0. The molecular weight excluding hydrogens is 248 g/mol. The predicted octanol–water partition coefficient (Wildman–Crippen LogP) is 4.14. The summed E-state index contributed by atoms with van der Waals surface area (Å²) < 4.78 is 0. The fourth-order valence-corrected chi connectivity index (χ4v) is 2.39. The molecule has 1 N–H and O–H groups in total. The molecule has 1 aromatic carbocycles. The van der Waals surface area contributed by atoms with Gasteiger partial charge in [-0.3, -0.25) is 0 Å². The highest BCUT2D eigenvalue weighted by atomic mass is 35.5. The molecule has 0 spiro atoms. The third kappa shape index (κ3) is 3.64. The Morgan fingerprint density at radius 3 is 2.33 bits per heavy atom. The van der Waals surface area contributed by atoms with Crippen LogP contribution in [0.5, 0.6) is 0 Å². The molecule has 0 saturated carbocycles. The third-order valence-corrected chi connectivity index (χ3v) is 3.59. The molecule has 1 saturated heterocycles. The number of urea groups is 1. The van der Waals surface area contributed by atoms with Crippen molar-refractivity contribution in [2.75, 3.05) is 18.4 Å². The van der Waals surface area contributed by atoms with Crippen LogP contribution in [-0.2, 0) is 0 Å². The van der Waals surface area contributed by atoms with Crippen LogP contribution < -0.4 is 5.32 Å². The largest absolute Gasteiger partial charge is 0.325 e. The van der Waals surface area contributed by atoms with Gasteiger partial charge in [-0.1, -0.05) is 43.0 Å². The minimum atomic E-state index is -0.0370. The highest BCUT2D eigenvalue weighted by Gasteiger charge is 2.15. The first-order valence-electron chi connectivity index (χ1n) is 6.58. The maximum atomic E-state index is 12.1. The van der Waals surface area contributed by atoms with E-state index < -0.39 is 0 Å². The summed E-state index contributed by atoms with van der Waals surface area (Å²) in [5, 5.41) is 3.46. The van der Waals surface area contributed by atoms with Crippen molar-refractivity contribution in [3.63, 3.8) is 0 Å². The lowest BCUT2D eigenvalue weighted by atomic mass is 10.1. The van der Waals surface area contributed by atoms with Crippen molar-refractivity contribution in [2.45, 2.75) is 32.1 Å². The zero-order valence-electron chi connectivity index (χ0n) is 10.5. The molecule has 1 aliphatic rings. The number of nitrogens with one attached hydrogen (secondary N) is 1. The van der Waals surface area contributed by atoms with E-state index in [1.807, 2.05) is 23.1 Å². The van der Waals surface area contributed by atoms with Crippen LogP contribution in [0.4, 0.5) is 10.5 Å². The van der Waals surface area contributed by atoms with E-state index in [9.17, 15) is 4.79 Å². The van der Waals surface area contributed by atoms with Crippen LogP contribution in [0.25, 0.3) is 0 Å². The molecule has 1 heterocycles. The zero-order chi connectivity index (χ0) is 12.8. The second-order valence-electron chi connectivity index (χ2n) is 4.66. The first-order valence-corrected chi connectivity index (χ1v) is 6.95. The van der Waals surface area contributed by atoms with Gasteiger partial charge in [0.05, 0.1) is 10.7 Å². The maximum absolute atomic E-state index is 12.1. The molecule has 1 fully saturated rings. The first kappa shape index (κ1) is 13.2. The number of hydrogen-bond donors (Lipinski definition) is 1. The number of para-hydroxylation sites is 1. The van der Waals surface area contributed by atoms with Crippen molar-refractivity contribution >= 4 is 23.3 Å². The van der Waals surface area contributed by atoms with Crippen molar-refractivity contribution in [1.29, 1.82) is 0 Å². The number of carbonyl (C=O) groups excluding carboxylic acids is 1. The fourth-order valence-electron chi connectivity index (χ4n) is 2.21. The van der Waals surface area contributed by atoms with Gasteiger partial charge in [-0.05, 0) is 25.0 Å². The average molecular weight is 267 g/mol. The minimum absolute atomic E-state index is 0.0370. The number of carbonyl (C=O) groups is 1. The molecule has 18 heavy (non-hydrogen) atoms. The Labute approximate surface area is 113 Å². The maximum Gasteiger partial charge on any atom is 0.321 e. The van der Waals surface area contributed by atoms with E-state index in [4.69, 9.17) is 11.6 Å². The van der Waals surface area contributed by atoms with E-state index >= 15 is 0 Å². The molecule has 3 nitrogen and oxygen atoms in total. The van der Waals surface area contributed by atoms with Crippen molar-refractivity contribution in [2.24, 2.45) is 0 Å². The summed E-state index contributed by atoms with van der Waals surface area (Å²) in [6, 6.07) is 7.29. The van der Waals surface area contributed by atoms with Crippen molar-refractivity contribution in [1.82, 2.24) is 4.90 Å².